The zero-order valence-corrected chi connectivity index (χ0v) is 6.97. The van der Waals surface area contributed by atoms with E-state index in [1.54, 1.807) is 0 Å². The summed E-state index contributed by atoms with van der Waals surface area (Å²) >= 11 is 0. The van der Waals surface area contributed by atoms with Crippen molar-refractivity contribution in [2.24, 2.45) is 0 Å². The van der Waals surface area contributed by atoms with Crippen LogP contribution in [-0.4, -0.2) is 37.7 Å². The molecule has 0 aliphatic heterocycles. The fraction of sp³-hybridized carbons (Fsp3) is 0. The molecule has 7 heteroatoms. The summed E-state index contributed by atoms with van der Waals surface area (Å²) in [5.41, 5.74) is 0. The number of rotatable bonds is 0. The van der Waals surface area contributed by atoms with Gasteiger partial charge >= 0.3 is 0 Å². The molecule has 0 unspecified atom stereocenters. The summed E-state index contributed by atoms with van der Waals surface area (Å²) in [6.45, 7) is 0. The van der Waals surface area contributed by atoms with E-state index in [2.05, 4.69) is 0 Å². The van der Waals surface area contributed by atoms with Crippen LogP contribution in [0.1, 0.15) is 0 Å². The Morgan fingerprint density at radius 1 is 0.615 bits per heavy atom. The first-order chi connectivity index (χ1) is 5.04. The van der Waals surface area contributed by atoms with Gasteiger partial charge in [0.05, 0.1) is 0 Å². The monoisotopic (exact) mass is 182 g/mol. The van der Waals surface area contributed by atoms with Crippen LogP contribution in [0.15, 0.2) is 6.07 Å². The molecule has 0 saturated carbocycles. The molecule has 0 fully saturated rings. The van der Waals surface area contributed by atoms with Crippen LogP contribution in [0, 0.1) is 29.1 Å². The first kappa shape index (κ1) is 15.5. The van der Waals surface area contributed by atoms with Gasteiger partial charge in [0, 0.05) is 43.8 Å². The van der Waals surface area contributed by atoms with E-state index in [-0.39, 0.29) is 43.8 Å². The molecule has 1 rings (SSSR count). The molecule has 0 bridgehead atoms. The fourth-order valence-electron chi connectivity index (χ4n) is 0.544. The van der Waals surface area contributed by atoms with E-state index in [4.69, 9.17) is 0 Å². The van der Waals surface area contributed by atoms with Gasteiger partial charge in [-0.15, -0.1) is 0 Å². The van der Waals surface area contributed by atoms with Crippen LogP contribution in [-0.2, 0) is 0 Å². The Morgan fingerprint density at radius 2 is 0.923 bits per heavy atom. The van der Waals surface area contributed by atoms with Crippen molar-refractivity contribution in [1.29, 1.82) is 0 Å². The maximum Gasteiger partial charge on any atom is 0.200 e. The maximum absolute atomic E-state index is 12.0. The molecule has 62 valence electrons. The van der Waals surface area contributed by atoms with Crippen molar-refractivity contribution in [3.8, 4) is 0 Å². The van der Waals surface area contributed by atoms with E-state index in [1.165, 1.54) is 0 Å². The van der Waals surface area contributed by atoms with Gasteiger partial charge in [-0.2, -0.15) is 0 Å². The van der Waals surface area contributed by atoms with Crippen molar-refractivity contribution in [1.82, 2.24) is 0 Å². The van der Waals surface area contributed by atoms with Gasteiger partial charge in [0.2, 0.25) is 5.82 Å². The Hall–Kier alpha value is 0.0648. The Morgan fingerprint density at radius 3 is 1.23 bits per heavy atom. The van der Waals surface area contributed by atoms with Crippen LogP contribution in [0.5, 0.6) is 0 Å². The van der Waals surface area contributed by atoms with E-state index in [1.807, 2.05) is 0 Å². The van der Waals surface area contributed by atoms with E-state index in [0.29, 0.717) is 0 Å². The second-order valence-corrected chi connectivity index (χ2v) is 1.78. The smallest absolute Gasteiger partial charge is 0.200 e. The minimum Gasteiger partial charge on any atom is -0.204 e. The summed E-state index contributed by atoms with van der Waals surface area (Å²) in [5, 5.41) is 0. The molecule has 0 aromatic heterocycles. The summed E-state index contributed by atoms with van der Waals surface area (Å²) in [5.74, 6) is -9.65. The minimum absolute atomic E-state index is 0. The molecular weight excluding hydrogens is 181 g/mol. The van der Waals surface area contributed by atoms with Gasteiger partial charge in [0.15, 0.2) is 23.3 Å². The molecule has 0 aliphatic carbocycles. The van der Waals surface area contributed by atoms with Crippen molar-refractivity contribution in [3.05, 3.63) is 35.2 Å². The van der Waals surface area contributed by atoms with E-state index >= 15 is 0 Å². The minimum atomic E-state index is -2.14. The van der Waals surface area contributed by atoms with Crippen LogP contribution in [0.3, 0.4) is 0 Å². The molecule has 0 atom stereocenters. The van der Waals surface area contributed by atoms with Crippen LogP contribution >= 0.6 is 0 Å². The molecule has 0 spiro atoms. The number of benzene rings is 1. The van der Waals surface area contributed by atoms with Gasteiger partial charge in [0.25, 0.3) is 0 Å². The van der Waals surface area contributed by atoms with Gasteiger partial charge in [0.1, 0.15) is 0 Å². The van der Waals surface area contributed by atoms with E-state index < -0.39 is 29.1 Å². The average molecular weight is 182 g/mol. The second kappa shape index (κ2) is 5.72. The summed E-state index contributed by atoms with van der Waals surface area (Å²) in [6.07, 6.45) is 0. The summed E-state index contributed by atoms with van der Waals surface area (Å²) in [7, 11) is 0. The fourth-order valence-corrected chi connectivity index (χ4v) is 0.544. The third kappa shape index (κ3) is 3.04. The molecule has 0 saturated heterocycles. The molecule has 0 amide bonds. The number of hydrogen-bond donors (Lipinski definition) is 0. The van der Waals surface area contributed by atoms with E-state index in [9.17, 15) is 22.0 Å². The van der Waals surface area contributed by atoms with Gasteiger partial charge in [-0.05, 0) is 0 Å². The molecule has 0 N–H and O–H groups in total. The van der Waals surface area contributed by atoms with Gasteiger partial charge in [-0.25, -0.2) is 22.0 Å². The Bertz CT molecular complexity index is 275. The third-order valence-electron chi connectivity index (χ3n) is 1.06. The summed E-state index contributed by atoms with van der Waals surface area (Å²) < 4.78 is 60.0. The van der Waals surface area contributed by atoms with Crippen molar-refractivity contribution in [2.75, 3.05) is 0 Å². The van der Waals surface area contributed by atoms with E-state index in [0.717, 1.165) is 0 Å². The summed E-state index contributed by atoms with van der Waals surface area (Å²) in [4.78, 5) is 0. The van der Waals surface area contributed by atoms with Gasteiger partial charge in [-0.1, -0.05) is 0 Å². The molecule has 1 aromatic carbocycles. The SMILES string of the molecule is Fc1cc(F)c(F)c(F)c1F.[Li].[Li]. The standard InChI is InChI=1S/C6HF5.2Li/c7-2-1-3(8)5(10)6(11)4(2)9;;/h1H;;. The molecular formula is C6HF5Li2. The Kier molecular flexibility index (Phi) is 6.84. The van der Waals surface area contributed by atoms with Crippen LogP contribution in [0.25, 0.3) is 0 Å². The van der Waals surface area contributed by atoms with Crippen molar-refractivity contribution >= 4 is 37.7 Å². The van der Waals surface area contributed by atoms with Crippen molar-refractivity contribution in [3.63, 3.8) is 0 Å². The molecule has 0 heterocycles. The zero-order valence-electron chi connectivity index (χ0n) is 6.97. The third-order valence-corrected chi connectivity index (χ3v) is 1.06. The first-order valence-corrected chi connectivity index (χ1v) is 2.52. The Balaban J connectivity index is 0. The molecule has 0 nitrogen and oxygen atoms in total. The largest absolute Gasteiger partial charge is 0.204 e. The van der Waals surface area contributed by atoms with Gasteiger partial charge < -0.3 is 0 Å². The predicted octanol–water partition coefficient (Wildman–Crippen LogP) is 1.62. The second-order valence-electron chi connectivity index (χ2n) is 1.78. The topological polar surface area (TPSA) is 0 Å². The van der Waals surface area contributed by atoms with Crippen molar-refractivity contribution in [2.45, 2.75) is 0 Å². The number of halogens is 5. The maximum atomic E-state index is 12.0. The molecule has 1 aromatic rings. The summed E-state index contributed by atoms with van der Waals surface area (Å²) in [6, 6.07) is -0.0618. The van der Waals surface area contributed by atoms with Crippen LogP contribution in [0.2, 0.25) is 0 Å². The van der Waals surface area contributed by atoms with Crippen molar-refractivity contribution < 1.29 is 22.0 Å². The molecule has 13 heavy (non-hydrogen) atoms. The number of hydrogen-bond acceptors (Lipinski definition) is 0. The predicted molar refractivity (Wildman–Crippen MR) is 37.7 cm³/mol. The quantitative estimate of drug-likeness (QED) is 0.247. The zero-order chi connectivity index (χ0) is 8.59. The molecule has 0 aliphatic rings. The normalized spacial score (nSPS) is 8.69. The molecule has 2 radical (unpaired) electrons. The Labute approximate surface area is 94.9 Å². The van der Waals surface area contributed by atoms with Crippen LogP contribution in [0.4, 0.5) is 22.0 Å². The average Bonchev–Trinajstić information content (AvgIpc) is 1.97. The first-order valence-electron chi connectivity index (χ1n) is 2.52. The van der Waals surface area contributed by atoms with Gasteiger partial charge in [-0.3, -0.25) is 0 Å². The van der Waals surface area contributed by atoms with Crippen LogP contribution < -0.4 is 0 Å².